The molecule has 0 N–H and O–H groups in total. The summed E-state index contributed by atoms with van der Waals surface area (Å²) in [6.07, 6.45) is 0. The lowest BCUT2D eigenvalue weighted by molar-refractivity contribution is 0.768. The average molecular weight is 612 g/mol. The van der Waals surface area contributed by atoms with Crippen LogP contribution >= 0.6 is 0 Å². The van der Waals surface area contributed by atoms with E-state index < -0.39 is 5.41 Å². The lowest BCUT2D eigenvalue weighted by Gasteiger charge is -2.34. The normalized spacial score (nSPS) is 12.8. The lowest BCUT2D eigenvalue weighted by atomic mass is 9.68. The number of nitrogens with zero attached hydrogens (tertiary/aromatic N) is 1. The van der Waals surface area contributed by atoms with Crippen molar-refractivity contribution in [2.75, 3.05) is 4.90 Å². The van der Waals surface area contributed by atoms with Crippen molar-refractivity contribution in [3.8, 4) is 22.3 Å². The minimum atomic E-state index is -0.454. The Hall–Kier alpha value is -6.18. The molecule has 0 saturated heterocycles. The molecule has 0 fully saturated rings. The molecule has 1 aliphatic rings. The zero-order valence-electron chi connectivity index (χ0n) is 26.5. The summed E-state index contributed by atoms with van der Waals surface area (Å²) < 4.78 is 0. The Morgan fingerprint density at radius 3 is 1.62 bits per heavy atom. The quantitative estimate of drug-likeness (QED) is 0.181. The van der Waals surface area contributed by atoms with Crippen LogP contribution in [0, 0.1) is 0 Å². The molecular weight excluding hydrogens is 579 g/mol. The van der Waals surface area contributed by atoms with Crippen molar-refractivity contribution in [3.63, 3.8) is 0 Å². The first kappa shape index (κ1) is 28.1. The highest BCUT2D eigenvalue weighted by Gasteiger charge is 2.47. The van der Waals surface area contributed by atoms with Gasteiger partial charge in [0, 0.05) is 16.9 Å². The van der Waals surface area contributed by atoms with Gasteiger partial charge in [-0.05, 0) is 86.1 Å². The third-order valence-electron chi connectivity index (χ3n) is 9.90. The first-order chi connectivity index (χ1) is 23.8. The molecule has 1 heteroatoms. The van der Waals surface area contributed by atoms with Gasteiger partial charge in [-0.3, -0.25) is 0 Å². The van der Waals surface area contributed by atoms with E-state index in [0.29, 0.717) is 0 Å². The van der Waals surface area contributed by atoms with Crippen LogP contribution in [-0.4, -0.2) is 0 Å². The number of rotatable bonds is 6. The van der Waals surface area contributed by atoms with Crippen LogP contribution in [0.15, 0.2) is 200 Å². The molecule has 0 saturated carbocycles. The Labute approximate surface area is 282 Å². The fourth-order valence-electron chi connectivity index (χ4n) is 7.85. The Morgan fingerprint density at radius 2 is 0.917 bits per heavy atom. The highest BCUT2D eigenvalue weighted by Crippen LogP contribution is 2.59. The molecule has 8 aromatic carbocycles. The predicted molar refractivity (Wildman–Crippen MR) is 201 cm³/mol. The van der Waals surface area contributed by atoms with Gasteiger partial charge >= 0.3 is 0 Å². The monoisotopic (exact) mass is 611 g/mol. The number of benzene rings is 8. The lowest BCUT2D eigenvalue weighted by Crippen LogP contribution is -2.28. The third kappa shape index (κ3) is 4.40. The Morgan fingerprint density at radius 1 is 0.354 bits per heavy atom. The molecule has 9 rings (SSSR count). The number of para-hydroxylation sites is 1. The zero-order valence-corrected chi connectivity index (χ0v) is 26.5. The predicted octanol–water partition coefficient (Wildman–Crippen LogP) is 12.3. The van der Waals surface area contributed by atoms with E-state index in [-0.39, 0.29) is 0 Å². The van der Waals surface area contributed by atoms with Crippen molar-refractivity contribution in [2.24, 2.45) is 0 Å². The molecule has 0 aliphatic heterocycles. The van der Waals surface area contributed by atoms with Gasteiger partial charge in [0.25, 0.3) is 0 Å². The van der Waals surface area contributed by atoms with Crippen LogP contribution in [0.2, 0.25) is 0 Å². The molecule has 0 heterocycles. The smallest absolute Gasteiger partial charge is 0.0714 e. The molecule has 0 unspecified atom stereocenters. The molecule has 226 valence electrons. The van der Waals surface area contributed by atoms with Gasteiger partial charge in [-0.2, -0.15) is 0 Å². The third-order valence-corrected chi connectivity index (χ3v) is 9.90. The van der Waals surface area contributed by atoms with E-state index in [1.807, 2.05) is 0 Å². The summed E-state index contributed by atoms with van der Waals surface area (Å²) in [7, 11) is 0. The average Bonchev–Trinajstić information content (AvgIpc) is 3.48. The summed E-state index contributed by atoms with van der Waals surface area (Å²) in [5, 5.41) is 2.44. The van der Waals surface area contributed by atoms with Crippen LogP contribution in [0.3, 0.4) is 0 Å². The van der Waals surface area contributed by atoms with Gasteiger partial charge < -0.3 is 4.90 Å². The maximum absolute atomic E-state index is 2.44. The van der Waals surface area contributed by atoms with Gasteiger partial charge in [0.2, 0.25) is 0 Å². The molecule has 1 aliphatic carbocycles. The van der Waals surface area contributed by atoms with E-state index in [2.05, 4.69) is 205 Å². The second kappa shape index (κ2) is 11.6. The molecule has 0 spiro atoms. The van der Waals surface area contributed by atoms with Gasteiger partial charge in [-0.15, -0.1) is 0 Å². The highest BCUT2D eigenvalue weighted by atomic mass is 15.1. The Bertz CT molecular complexity index is 2340. The standard InChI is InChI=1S/C47H33N/c1-5-16-34(17-6-1)35-28-29-37-33-41(31-30-36(37)32-35)48(40-22-11-4-12-23-40)45-27-15-26-44-46(45)42-24-13-14-25-43(42)47(44,38-18-7-2-8-19-38)39-20-9-3-10-21-39/h1-33H. The van der Waals surface area contributed by atoms with E-state index in [0.717, 1.165) is 11.4 Å². The number of fused-ring (bicyclic) bond motifs is 4. The summed E-state index contributed by atoms with van der Waals surface area (Å²) >= 11 is 0. The van der Waals surface area contributed by atoms with Crippen LogP contribution in [0.5, 0.6) is 0 Å². The zero-order chi connectivity index (χ0) is 31.9. The molecular formula is C47H33N. The van der Waals surface area contributed by atoms with Crippen molar-refractivity contribution < 1.29 is 0 Å². The van der Waals surface area contributed by atoms with Gasteiger partial charge in [0.05, 0.1) is 11.1 Å². The molecule has 0 bridgehead atoms. The van der Waals surface area contributed by atoms with Crippen molar-refractivity contribution in [2.45, 2.75) is 5.41 Å². The van der Waals surface area contributed by atoms with E-state index in [4.69, 9.17) is 0 Å². The summed E-state index contributed by atoms with van der Waals surface area (Å²) in [5.74, 6) is 0. The van der Waals surface area contributed by atoms with E-state index in [9.17, 15) is 0 Å². The van der Waals surface area contributed by atoms with Crippen molar-refractivity contribution >= 4 is 27.8 Å². The molecule has 0 aromatic heterocycles. The van der Waals surface area contributed by atoms with Gasteiger partial charge in [-0.25, -0.2) is 0 Å². The van der Waals surface area contributed by atoms with E-state index in [1.54, 1.807) is 0 Å². The molecule has 8 aromatic rings. The maximum atomic E-state index is 2.44. The largest absolute Gasteiger partial charge is 0.310 e. The fourth-order valence-corrected chi connectivity index (χ4v) is 7.85. The van der Waals surface area contributed by atoms with Crippen molar-refractivity contribution in [1.82, 2.24) is 0 Å². The molecule has 48 heavy (non-hydrogen) atoms. The summed E-state index contributed by atoms with van der Waals surface area (Å²) in [4.78, 5) is 2.44. The van der Waals surface area contributed by atoms with Crippen LogP contribution in [0.1, 0.15) is 22.3 Å². The van der Waals surface area contributed by atoms with Crippen LogP contribution in [0.25, 0.3) is 33.0 Å². The second-order valence-corrected chi connectivity index (χ2v) is 12.5. The van der Waals surface area contributed by atoms with Crippen LogP contribution < -0.4 is 4.90 Å². The van der Waals surface area contributed by atoms with Crippen LogP contribution in [-0.2, 0) is 5.41 Å². The van der Waals surface area contributed by atoms with Crippen molar-refractivity contribution in [3.05, 3.63) is 222 Å². The summed E-state index contributed by atoms with van der Waals surface area (Å²) in [6, 6.07) is 72.9. The topological polar surface area (TPSA) is 3.24 Å². The van der Waals surface area contributed by atoms with Gasteiger partial charge in [0.1, 0.15) is 0 Å². The van der Waals surface area contributed by atoms with E-state index in [1.165, 1.54) is 61.0 Å². The molecule has 0 atom stereocenters. The highest BCUT2D eigenvalue weighted by molar-refractivity contribution is 5.99. The first-order valence-electron chi connectivity index (χ1n) is 16.6. The SMILES string of the molecule is c1ccc(-c2ccc3cc(N(c4ccccc4)c4cccc5c4-c4ccccc4C5(c4ccccc4)c4ccccc4)ccc3c2)cc1. The van der Waals surface area contributed by atoms with Crippen molar-refractivity contribution in [1.29, 1.82) is 0 Å². The number of hydrogen-bond acceptors (Lipinski definition) is 1. The maximum Gasteiger partial charge on any atom is 0.0714 e. The molecule has 1 nitrogen and oxygen atoms in total. The Balaban J connectivity index is 1.30. The summed E-state index contributed by atoms with van der Waals surface area (Å²) in [6.45, 7) is 0. The van der Waals surface area contributed by atoms with Gasteiger partial charge in [-0.1, -0.05) is 164 Å². The minimum absolute atomic E-state index is 0.454. The summed E-state index contributed by atoms with van der Waals surface area (Å²) in [5.41, 5.74) is 13.1. The number of hydrogen-bond donors (Lipinski definition) is 0. The van der Waals surface area contributed by atoms with Gasteiger partial charge in [0.15, 0.2) is 0 Å². The first-order valence-corrected chi connectivity index (χ1v) is 16.6. The van der Waals surface area contributed by atoms with E-state index >= 15 is 0 Å². The molecule has 0 amide bonds. The minimum Gasteiger partial charge on any atom is -0.310 e. The fraction of sp³-hybridized carbons (Fsp3) is 0.0213. The second-order valence-electron chi connectivity index (χ2n) is 12.5. The molecule has 0 radical (unpaired) electrons. The van der Waals surface area contributed by atoms with Crippen LogP contribution in [0.4, 0.5) is 17.1 Å². The number of anilines is 3. The Kier molecular flexibility index (Phi) is 6.76.